The van der Waals surface area contributed by atoms with Gasteiger partial charge in [-0.15, -0.1) is 11.3 Å². The molecule has 2 heteroatoms. The molecule has 0 unspecified atom stereocenters. The lowest BCUT2D eigenvalue weighted by Gasteiger charge is -2.33. The monoisotopic (exact) mass is 635 g/mol. The van der Waals surface area contributed by atoms with Crippen LogP contribution in [0.25, 0.3) is 52.5 Å². The van der Waals surface area contributed by atoms with Crippen LogP contribution in [0.5, 0.6) is 0 Å². The summed E-state index contributed by atoms with van der Waals surface area (Å²) in [6.07, 6.45) is 6.85. The molecule has 1 nitrogen and oxygen atoms in total. The number of benzene rings is 7. The van der Waals surface area contributed by atoms with Crippen LogP contribution >= 0.6 is 11.3 Å². The summed E-state index contributed by atoms with van der Waals surface area (Å²) in [7, 11) is 0. The summed E-state index contributed by atoms with van der Waals surface area (Å²) >= 11 is 1.89. The van der Waals surface area contributed by atoms with Gasteiger partial charge in [0.2, 0.25) is 0 Å². The van der Waals surface area contributed by atoms with Crippen molar-refractivity contribution in [3.05, 3.63) is 162 Å². The van der Waals surface area contributed by atoms with Crippen LogP contribution in [-0.4, -0.2) is 0 Å². The second-order valence-electron chi connectivity index (χ2n) is 13.7. The van der Waals surface area contributed by atoms with Gasteiger partial charge >= 0.3 is 0 Å². The number of rotatable bonds is 5. The fourth-order valence-electron chi connectivity index (χ4n) is 8.16. The van der Waals surface area contributed by atoms with Crippen molar-refractivity contribution in [3.63, 3.8) is 0 Å². The van der Waals surface area contributed by atoms with E-state index >= 15 is 0 Å². The first-order valence-corrected chi connectivity index (χ1v) is 17.8. The van der Waals surface area contributed by atoms with Crippen molar-refractivity contribution in [3.8, 4) is 0 Å². The van der Waals surface area contributed by atoms with E-state index in [4.69, 9.17) is 0 Å². The van der Waals surface area contributed by atoms with Crippen LogP contribution in [0.2, 0.25) is 0 Å². The van der Waals surface area contributed by atoms with Crippen molar-refractivity contribution >= 4 is 80.9 Å². The molecule has 8 aromatic rings. The first-order chi connectivity index (χ1) is 23.5. The van der Waals surface area contributed by atoms with Gasteiger partial charge in [0.15, 0.2) is 0 Å². The molecular formula is C46H37NS. The molecule has 48 heavy (non-hydrogen) atoms. The molecule has 7 aromatic carbocycles. The summed E-state index contributed by atoms with van der Waals surface area (Å²) in [6.45, 7) is 7.03. The van der Waals surface area contributed by atoms with Gasteiger partial charge in [-0.1, -0.05) is 134 Å². The average molecular weight is 636 g/mol. The van der Waals surface area contributed by atoms with Gasteiger partial charge in [0.05, 0.1) is 10.4 Å². The lowest BCUT2D eigenvalue weighted by atomic mass is 9.73. The third kappa shape index (κ3) is 4.51. The summed E-state index contributed by atoms with van der Waals surface area (Å²) < 4.78 is 2.62. The van der Waals surface area contributed by atoms with Crippen LogP contribution in [0, 0.1) is 0 Å². The van der Waals surface area contributed by atoms with Gasteiger partial charge in [0.25, 0.3) is 0 Å². The highest BCUT2D eigenvalue weighted by atomic mass is 32.1. The van der Waals surface area contributed by atoms with Gasteiger partial charge in [-0.05, 0) is 94.0 Å². The molecule has 0 bridgehead atoms. The van der Waals surface area contributed by atoms with E-state index < -0.39 is 0 Å². The predicted octanol–water partition coefficient (Wildman–Crippen LogP) is 13.9. The SMILES string of the molecule is CC1=C(C(C)(C)c2ccc(N(c3ccc4c5ccccc5c5ccccc5c4c3)c3cccc4c3sc3ccccc34)cc2)CCC=C1. The molecule has 232 valence electrons. The van der Waals surface area contributed by atoms with Gasteiger partial charge in [-0.2, -0.15) is 0 Å². The normalized spacial score (nSPS) is 13.8. The number of anilines is 3. The lowest BCUT2D eigenvalue weighted by Crippen LogP contribution is -2.22. The Kier molecular flexibility index (Phi) is 6.78. The molecule has 0 atom stereocenters. The molecule has 1 aliphatic carbocycles. The third-order valence-corrected chi connectivity index (χ3v) is 11.8. The number of hydrogen-bond donors (Lipinski definition) is 0. The topological polar surface area (TPSA) is 3.24 Å². The Hall–Kier alpha value is -5.18. The van der Waals surface area contributed by atoms with E-state index in [1.165, 1.54) is 69.3 Å². The molecule has 1 heterocycles. The summed E-state index contributed by atoms with van der Waals surface area (Å²) in [6, 6.07) is 49.7. The number of hydrogen-bond acceptors (Lipinski definition) is 2. The fourth-order valence-corrected chi connectivity index (χ4v) is 9.37. The lowest BCUT2D eigenvalue weighted by molar-refractivity contribution is 0.584. The molecule has 0 spiro atoms. The second-order valence-corrected chi connectivity index (χ2v) is 14.7. The van der Waals surface area contributed by atoms with Crippen molar-refractivity contribution in [1.29, 1.82) is 0 Å². The van der Waals surface area contributed by atoms with Crippen LogP contribution < -0.4 is 4.90 Å². The molecule has 1 aromatic heterocycles. The third-order valence-electron chi connectivity index (χ3n) is 10.6. The Morgan fingerprint density at radius 2 is 1.15 bits per heavy atom. The molecule has 1 aliphatic rings. The summed E-state index contributed by atoms with van der Waals surface area (Å²) in [5.74, 6) is 0. The number of nitrogens with zero attached hydrogens (tertiary/aromatic N) is 1. The Bertz CT molecular complexity index is 2560. The maximum Gasteiger partial charge on any atom is 0.0640 e. The van der Waals surface area contributed by atoms with Gasteiger partial charge in [0.1, 0.15) is 0 Å². The molecule has 9 rings (SSSR count). The Morgan fingerprint density at radius 1 is 0.562 bits per heavy atom. The standard InChI is InChI=1S/C46H37NS/c1-30-13-4-10-20-42(30)46(2,3)31-23-25-32(26-24-31)47(43-21-12-19-40-39-18-9-11-22-44(39)48-45(40)43)33-27-28-38-36-16-6-5-14-34(36)35-15-7-8-17-37(35)41(38)29-33/h4-9,11-19,21-29H,10,20H2,1-3H3. The van der Waals surface area contributed by atoms with Crippen molar-refractivity contribution in [2.45, 2.75) is 39.0 Å². The minimum Gasteiger partial charge on any atom is -0.309 e. The Labute approximate surface area is 286 Å². The molecule has 0 saturated heterocycles. The van der Waals surface area contributed by atoms with E-state index in [9.17, 15) is 0 Å². The zero-order valence-electron chi connectivity index (χ0n) is 27.6. The molecule has 0 saturated carbocycles. The zero-order valence-corrected chi connectivity index (χ0v) is 28.4. The van der Waals surface area contributed by atoms with Crippen LogP contribution in [0.15, 0.2) is 157 Å². The van der Waals surface area contributed by atoms with E-state index in [2.05, 4.69) is 171 Å². The minimum atomic E-state index is -0.0351. The molecule has 0 fully saturated rings. The van der Waals surface area contributed by atoms with Crippen LogP contribution in [0.1, 0.15) is 39.2 Å². The average Bonchev–Trinajstić information content (AvgIpc) is 3.52. The maximum absolute atomic E-state index is 2.48. The quantitative estimate of drug-likeness (QED) is 0.170. The van der Waals surface area contributed by atoms with Crippen LogP contribution in [-0.2, 0) is 5.41 Å². The Balaban J connectivity index is 1.28. The number of allylic oxidation sites excluding steroid dienone is 4. The van der Waals surface area contributed by atoms with E-state index in [1.54, 1.807) is 5.57 Å². The van der Waals surface area contributed by atoms with E-state index in [-0.39, 0.29) is 5.41 Å². The largest absolute Gasteiger partial charge is 0.309 e. The molecular weight excluding hydrogens is 599 g/mol. The van der Waals surface area contributed by atoms with Gasteiger partial charge in [-0.25, -0.2) is 0 Å². The van der Waals surface area contributed by atoms with Gasteiger partial charge < -0.3 is 4.90 Å². The predicted molar refractivity (Wildman–Crippen MR) is 211 cm³/mol. The van der Waals surface area contributed by atoms with Gasteiger partial charge in [0, 0.05) is 32.3 Å². The van der Waals surface area contributed by atoms with Crippen molar-refractivity contribution in [2.24, 2.45) is 0 Å². The highest BCUT2D eigenvalue weighted by molar-refractivity contribution is 7.26. The summed E-state index contributed by atoms with van der Waals surface area (Å²) in [5, 5.41) is 10.4. The van der Waals surface area contributed by atoms with Crippen molar-refractivity contribution in [1.82, 2.24) is 0 Å². The number of thiophene rings is 1. The van der Waals surface area contributed by atoms with E-state index in [0.29, 0.717) is 0 Å². The van der Waals surface area contributed by atoms with Crippen LogP contribution in [0.3, 0.4) is 0 Å². The fraction of sp³-hybridized carbons (Fsp3) is 0.130. The molecule has 0 aliphatic heterocycles. The number of fused-ring (bicyclic) bond motifs is 9. The van der Waals surface area contributed by atoms with Crippen molar-refractivity contribution in [2.75, 3.05) is 4.90 Å². The molecule has 0 radical (unpaired) electrons. The van der Waals surface area contributed by atoms with E-state index in [0.717, 1.165) is 24.2 Å². The van der Waals surface area contributed by atoms with Crippen LogP contribution in [0.4, 0.5) is 17.1 Å². The zero-order chi connectivity index (χ0) is 32.4. The first-order valence-electron chi connectivity index (χ1n) is 17.0. The first kappa shape index (κ1) is 29.0. The summed E-state index contributed by atoms with van der Waals surface area (Å²) in [5.41, 5.74) is 7.80. The minimum absolute atomic E-state index is 0.0351. The van der Waals surface area contributed by atoms with Crippen molar-refractivity contribution < 1.29 is 0 Å². The summed E-state index contributed by atoms with van der Waals surface area (Å²) in [4.78, 5) is 2.48. The molecule has 0 amide bonds. The maximum atomic E-state index is 2.48. The smallest absolute Gasteiger partial charge is 0.0640 e. The second kappa shape index (κ2) is 11.2. The van der Waals surface area contributed by atoms with Gasteiger partial charge in [-0.3, -0.25) is 0 Å². The van der Waals surface area contributed by atoms with E-state index in [1.807, 2.05) is 11.3 Å². The Morgan fingerprint density at radius 3 is 1.83 bits per heavy atom. The highest BCUT2D eigenvalue weighted by Crippen LogP contribution is 2.47. The highest BCUT2D eigenvalue weighted by Gasteiger charge is 2.28. The molecule has 0 N–H and O–H groups in total.